The van der Waals surface area contributed by atoms with Crippen LogP contribution in [-0.4, -0.2) is 24.6 Å². The summed E-state index contributed by atoms with van der Waals surface area (Å²) in [5, 5.41) is 3.50. The molecular weight excluding hydrogens is 234 g/mol. The molecule has 1 unspecified atom stereocenters. The van der Waals surface area contributed by atoms with Gasteiger partial charge in [-0.2, -0.15) is 0 Å². The predicted octanol–water partition coefficient (Wildman–Crippen LogP) is 3.21. The Morgan fingerprint density at radius 1 is 1.42 bits per heavy atom. The molecule has 0 spiro atoms. The summed E-state index contributed by atoms with van der Waals surface area (Å²) in [5.74, 6) is 0.852. The largest absolute Gasteiger partial charge is 0.370 e. The molecule has 0 radical (unpaired) electrons. The van der Waals surface area contributed by atoms with Gasteiger partial charge < -0.3 is 10.2 Å². The van der Waals surface area contributed by atoms with Gasteiger partial charge in [0.05, 0.1) is 11.9 Å². The number of pyridine rings is 1. The molecule has 1 aliphatic heterocycles. The van der Waals surface area contributed by atoms with Crippen LogP contribution in [-0.2, 0) is 6.54 Å². The van der Waals surface area contributed by atoms with Crippen molar-refractivity contribution >= 4 is 5.69 Å². The molecule has 1 fully saturated rings. The maximum atomic E-state index is 4.33. The van der Waals surface area contributed by atoms with E-state index in [0.29, 0.717) is 0 Å². The van der Waals surface area contributed by atoms with Crippen molar-refractivity contribution in [2.75, 3.05) is 24.5 Å². The lowest BCUT2D eigenvalue weighted by molar-refractivity contribution is 0.404. The summed E-state index contributed by atoms with van der Waals surface area (Å²) in [6, 6.07) is 2.16. The fourth-order valence-corrected chi connectivity index (χ4v) is 2.87. The Balaban J connectivity index is 2.05. The van der Waals surface area contributed by atoms with E-state index in [9.17, 15) is 0 Å². The molecule has 1 saturated heterocycles. The van der Waals surface area contributed by atoms with Gasteiger partial charge in [0.15, 0.2) is 0 Å². The van der Waals surface area contributed by atoms with Gasteiger partial charge >= 0.3 is 0 Å². The summed E-state index contributed by atoms with van der Waals surface area (Å²) in [4.78, 5) is 6.87. The first-order valence-electron chi connectivity index (χ1n) is 7.73. The number of anilines is 1. The summed E-state index contributed by atoms with van der Waals surface area (Å²) in [5.41, 5.74) is 2.73. The maximum Gasteiger partial charge on any atom is 0.0598 e. The number of piperidine rings is 1. The monoisotopic (exact) mass is 261 g/mol. The van der Waals surface area contributed by atoms with Crippen LogP contribution < -0.4 is 10.2 Å². The van der Waals surface area contributed by atoms with E-state index in [2.05, 4.69) is 35.1 Å². The second-order valence-electron chi connectivity index (χ2n) is 5.54. The first-order valence-corrected chi connectivity index (χ1v) is 7.73. The van der Waals surface area contributed by atoms with E-state index in [1.807, 2.05) is 12.4 Å². The van der Waals surface area contributed by atoms with Gasteiger partial charge in [0.1, 0.15) is 0 Å². The molecule has 0 aliphatic carbocycles. The molecule has 3 nitrogen and oxygen atoms in total. The quantitative estimate of drug-likeness (QED) is 0.797. The van der Waals surface area contributed by atoms with Crippen LogP contribution in [0.3, 0.4) is 0 Å². The van der Waals surface area contributed by atoms with Crippen molar-refractivity contribution in [2.45, 2.75) is 46.1 Å². The van der Waals surface area contributed by atoms with Gasteiger partial charge in [0.2, 0.25) is 0 Å². The lowest BCUT2D eigenvalue weighted by atomic mass is 9.95. The van der Waals surface area contributed by atoms with Crippen molar-refractivity contribution in [3.05, 3.63) is 24.0 Å². The summed E-state index contributed by atoms with van der Waals surface area (Å²) < 4.78 is 0. The van der Waals surface area contributed by atoms with Crippen LogP contribution >= 0.6 is 0 Å². The average molecular weight is 261 g/mol. The number of hydrogen-bond acceptors (Lipinski definition) is 3. The molecule has 0 amide bonds. The zero-order valence-electron chi connectivity index (χ0n) is 12.4. The Kier molecular flexibility index (Phi) is 5.64. The lowest BCUT2D eigenvalue weighted by Gasteiger charge is -2.35. The van der Waals surface area contributed by atoms with E-state index in [-0.39, 0.29) is 0 Å². The average Bonchev–Trinajstić information content (AvgIpc) is 2.48. The van der Waals surface area contributed by atoms with E-state index in [1.54, 1.807) is 0 Å². The molecule has 0 aromatic carbocycles. The minimum Gasteiger partial charge on any atom is -0.370 e. The molecule has 1 aliphatic rings. The van der Waals surface area contributed by atoms with E-state index >= 15 is 0 Å². The predicted molar refractivity (Wildman–Crippen MR) is 81.5 cm³/mol. The number of aromatic nitrogens is 1. The van der Waals surface area contributed by atoms with Crippen molar-refractivity contribution in [2.24, 2.45) is 5.92 Å². The highest BCUT2D eigenvalue weighted by Gasteiger charge is 2.20. The maximum absolute atomic E-state index is 4.33. The number of rotatable bonds is 6. The number of nitrogens with zero attached hydrogens (tertiary/aromatic N) is 2. The van der Waals surface area contributed by atoms with Crippen LogP contribution in [0, 0.1) is 5.92 Å². The highest BCUT2D eigenvalue weighted by molar-refractivity contribution is 5.52. The van der Waals surface area contributed by atoms with Crippen LogP contribution in [0.15, 0.2) is 18.5 Å². The fraction of sp³-hybridized carbons (Fsp3) is 0.688. The van der Waals surface area contributed by atoms with Crippen LogP contribution in [0.25, 0.3) is 0 Å². The summed E-state index contributed by atoms with van der Waals surface area (Å²) in [6.45, 7) is 8.93. The molecule has 1 aromatic rings. The Morgan fingerprint density at radius 3 is 3.11 bits per heavy atom. The molecule has 19 heavy (non-hydrogen) atoms. The third-order valence-corrected chi connectivity index (χ3v) is 4.07. The second kappa shape index (κ2) is 7.49. The standard InChI is InChI=1S/C16H27N3/c1-3-8-17-11-15-7-9-18-12-16(15)19-10-5-6-14(4-2)13-19/h7,9,12,14,17H,3-6,8,10-11,13H2,1-2H3. The van der Waals surface area contributed by atoms with Crippen LogP contribution in [0.1, 0.15) is 45.1 Å². The molecule has 0 saturated carbocycles. The zero-order valence-corrected chi connectivity index (χ0v) is 12.4. The molecule has 1 atom stereocenters. The fourth-order valence-electron chi connectivity index (χ4n) is 2.87. The summed E-state index contributed by atoms with van der Waals surface area (Å²) >= 11 is 0. The minimum atomic E-state index is 0.852. The van der Waals surface area contributed by atoms with Gasteiger partial charge in [-0.15, -0.1) is 0 Å². The van der Waals surface area contributed by atoms with Gasteiger partial charge in [-0.1, -0.05) is 20.3 Å². The van der Waals surface area contributed by atoms with Crippen molar-refractivity contribution in [3.8, 4) is 0 Å². The third kappa shape index (κ3) is 3.93. The highest BCUT2D eigenvalue weighted by Crippen LogP contribution is 2.26. The van der Waals surface area contributed by atoms with Crippen molar-refractivity contribution in [3.63, 3.8) is 0 Å². The molecule has 2 rings (SSSR count). The third-order valence-electron chi connectivity index (χ3n) is 4.07. The Bertz CT molecular complexity index is 378. The van der Waals surface area contributed by atoms with Gasteiger partial charge in [-0.3, -0.25) is 4.98 Å². The van der Waals surface area contributed by atoms with Crippen molar-refractivity contribution in [1.82, 2.24) is 10.3 Å². The molecule has 3 heteroatoms. The first-order chi connectivity index (χ1) is 9.35. The van der Waals surface area contributed by atoms with E-state index in [0.717, 1.165) is 19.0 Å². The molecule has 2 heterocycles. The van der Waals surface area contributed by atoms with Gasteiger partial charge in [0.25, 0.3) is 0 Å². The molecule has 0 bridgehead atoms. The van der Waals surface area contributed by atoms with Crippen LogP contribution in [0.2, 0.25) is 0 Å². The van der Waals surface area contributed by atoms with E-state index in [1.165, 1.54) is 50.0 Å². The second-order valence-corrected chi connectivity index (χ2v) is 5.54. The molecular formula is C16H27N3. The number of hydrogen-bond donors (Lipinski definition) is 1. The topological polar surface area (TPSA) is 28.2 Å². The summed E-state index contributed by atoms with van der Waals surface area (Å²) in [7, 11) is 0. The zero-order chi connectivity index (χ0) is 13.5. The normalized spacial score (nSPS) is 19.7. The van der Waals surface area contributed by atoms with Crippen LogP contribution in [0.4, 0.5) is 5.69 Å². The summed E-state index contributed by atoms with van der Waals surface area (Å²) in [6.07, 6.45) is 9.13. The molecule has 106 valence electrons. The molecule has 1 N–H and O–H groups in total. The van der Waals surface area contributed by atoms with Gasteiger partial charge in [0, 0.05) is 25.8 Å². The van der Waals surface area contributed by atoms with Gasteiger partial charge in [-0.25, -0.2) is 0 Å². The Hall–Kier alpha value is -1.09. The van der Waals surface area contributed by atoms with Crippen LogP contribution in [0.5, 0.6) is 0 Å². The lowest BCUT2D eigenvalue weighted by Crippen LogP contribution is -2.36. The minimum absolute atomic E-state index is 0.852. The smallest absolute Gasteiger partial charge is 0.0598 e. The molecule has 1 aromatic heterocycles. The van der Waals surface area contributed by atoms with Gasteiger partial charge in [-0.05, 0) is 43.4 Å². The highest BCUT2D eigenvalue weighted by atomic mass is 15.1. The van der Waals surface area contributed by atoms with E-state index < -0.39 is 0 Å². The van der Waals surface area contributed by atoms with Crippen molar-refractivity contribution < 1.29 is 0 Å². The number of nitrogens with one attached hydrogen (secondary N) is 1. The Labute approximate surface area is 117 Å². The SMILES string of the molecule is CCCNCc1ccncc1N1CCCC(CC)C1. The Morgan fingerprint density at radius 2 is 2.32 bits per heavy atom. The van der Waals surface area contributed by atoms with Crippen molar-refractivity contribution in [1.29, 1.82) is 0 Å². The first kappa shape index (κ1) is 14.3. The van der Waals surface area contributed by atoms with E-state index in [4.69, 9.17) is 0 Å².